The zero-order valence-corrected chi connectivity index (χ0v) is 13.9. The number of ether oxygens (including phenoxy) is 1. The number of nitrogens with one attached hydrogen (secondary N) is 1. The Labute approximate surface area is 141 Å². The molecule has 0 radical (unpaired) electrons. The number of carbonyl (C=O) groups is 2. The average Bonchev–Trinajstić information content (AvgIpc) is 2.45. The Morgan fingerprint density at radius 3 is 2.32 bits per heavy atom. The standard InChI is InChI=1S/C12H12Cl2FN3O3S/c1-17(11(20)21-8-6-4-3-5-7-8)9(19)16-10(22)18(2)12(13,14)15/h3-7H,1-2H3,(H,16,19,22). The molecule has 6 nitrogen and oxygen atoms in total. The second-order valence-corrected chi connectivity index (χ2v) is 5.58. The van der Waals surface area contributed by atoms with Crippen LogP contribution in [0.5, 0.6) is 5.75 Å². The molecular weight excluding hydrogens is 356 g/mol. The molecule has 1 aromatic rings. The van der Waals surface area contributed by atoms with Gasteiger partial charge in [-0.2, -0.15) is 4.39 Å². The molecule has 0 aliphatic rings. The van der Waals surface area contributed by atoms with E-state index in [9.17, 15) is 14.0 Å². The van der Waals surface area contributed by atoms with Crippen LogP contribution in [0.15, 0.2) is 30.3 Å². The topological polar surface area (TPSA) is 61.9 Å². The molecule has 0 unspecified atom stereocenters. The highest BCUT2D eigenvalue weighted by atomic mass is 35.5. The third-order valence-electron chi connectivity index (χ3n) is 2.43. The third kappa shape index (κ3) is 5.28. The first kappa shape index (κ1) is 18.4. The van der Waals surface area contributed by atoms with Crippen LogP contribution in [0.2, 0.25) is 0 Å². The molecular formula is C12H12Cl2FN3O3S. The number of benzene rings is 1. The fraction of sp³-hybridized carbons (Fsp3) is 0.250. The van der Waals surface area contributed by atoms with E-state index in [4.69, 9.17) is 40.2 Å². The predicted octanol–water partition coefficient (Wildman–Crippen LogP) is 3.10. The summed E-state index contributed by atoms with van der Waals surface area (Å²) in [5.74, 6) is 0.260. The molecule has 3 amide bonds. The number of hydrogen-bond acceptors (Lipinski definition) is 4. The van der Waals surface area contributed by atoms with E-state index in [0.29, 0.717) is 9.80 Å². The van der Waals surface area contributed by atoms with Gasteiger partial charge >= 0.3 is 16.8 Å². The van der Waals surface area contributed by atoms with Crippen LogP contribution in [0.25, 0.3) is 0 Å². The van der Waals surface area contributed by atoms with Gasteiger partial charge in [-0.05, 0) is 47.6 Å². The minimum Gasteiger partial charge on any atom is -0.410 e. The minimum atomic E-state index is -2.80. The predicted molar refractivity (Wildman–Crippen MR) is 84.7 cm³/mol. The average molecular weight is 368 g/mol. The molecule has 0 bridgehead atoms. The highest BCUT2D eigenvalue weighted by Gasteiger charge is 2.32. The van der Waals surface area contributed by atoms with Crippen molar-refractivity contribution in [1.29, 1.82) is 0 Å². The molecule has 0 saturated carbocycles. The molecule has 0 atom stereocenters. The van der Waals surface area contributed by atoms with E-state index < -0.39 is 21.9 Å². The number of para-hydroxylation sites is 1. The second kappa shape index (κ2) is 7.57. The van der Waals surface area contributed by atoms with Gasteiger partial charge in [-0.25, -0.2) is 14.5 Å². The van der Waals surface area contributed by atoms with Crippen molar-refractivity contribution in [3.05, 3.63) is 30.3 Å². The van der Waals surface area contributed by atoms with Gasteiger partial charge in [-0.1, -0.05) is 18.2 Å². The Morgan fingerprint density at radius 2 is 1.82 bits per heavy atom. The summed E-state index contributed by atoms with van der Waals surface area (Å²) in [5.41, 5.74) is 0. The van der Waals surface area contributed by atoms with Crippen LogP contribution in [0.4, 0.5) is 14.0 Å². The molecule has 0 heterocycles. The quantitative estimate of drug-likeness (QED) is 0.494. The Bertz CT molecular complexity index is 568. The van der Waals surface area contributed by atoms with E-state index in [1.165, 1.54) is 0 Å². The van der Waals surface area contributed by atoms with Gasteiger partial charge in [0.25, 0.3) is 0 Å². The van der Waals surface area contributed by atoms with Crippen molar-refractivity contribution >= 4 is 52.7 Å². The number of thiocarbonyl (C=S) groups is 1. The highest BCUT2D eigenvalue weighted by Crippen LogP contribution is 2.25. The number of halogens is 3. The molecule has 0 spiro atoms. The molecule has 0 saturated heterocycles. The van der Waals surface area contributed by atoms with Crippen molar-refractivity contribution in [2.24, 2.45) is 0 Å². The lowest BCUT2D eigenvalue weighted by molar-refractivity contribution is 0.163. The summed E-state index contributed by atoms with van der Waals surface area (Å²) in [6.07, 6.45) is -0.947. The second-order valence-electron chi connectivity index (χ2n) is 4.00. The van der Waals surface area contributed by atoms with E-state index in [1.54, 1.807) is 30.3 Å². The zero-order valence-electron chi connectivity index (χ0n) is 11.5. The smallest absolute Gasteiger partial charge is 0.410 e. The summed E-state index contributed by atoms with van der Waals surface area (Å²) in [5, 5.41) is 1.68. The normalized spacial score (nSPS) is 10.6. The van der Waals surface area contributed by atoms with Gasteiger partial charge in [0.2, 0.25) is 0 Å². The number of alkyl halides is 3. The van der Waals surface area contributed by atoms with Crippen molar-refractivity contribution in [3.8, 4) is 5.75 Å². The molecule has 1 aromatic carbocycles. The summed E-state index contributed by atoms with van der Waals surface area (Å²) in [6.45, 7) is 0. The van der Waals surface area contributed by atoms with Gasteiger partial charge in [0.15, 0.2) is 5.11 Å². The van der Waals surface area contributed by atoms with Gasteiger partial charge in [-0.15, -0.1) is 0 Å². The third-order valence-corrected chi connectivity index (χ3v) is 3.31. The van der Waals surface area contributed by atoms with Crippen LogP contribution in [0.1, 0.15) is 0 Å². The van der Waals surface area contributed by atoms with Crippen LogP contribution in [0, 0.1) is 0 Å². The SMILES string of the molecule is CN(C(=O)NC(=S)N(C)C(F)(Cl)Cl)C(=O)Oc1ccccc1. The zero-order chi connectivity index (χ0) is 16.9. The molecule has 120 valence electrons. The fourth-order valence-electron chi connectivity index (χ4n) is 1.12. The van der Waals surface area contributed by atoms with Crippen LogP contribution in [-0.4, -0.2) is 45.8 Å². The maximum Gasteiger partial charge on any atom is 0.423 e. The van der Waals surface area contributed by atoms with Crippen molar-refractivity contribution in [2.45, 2.75) is 4.71 Å². The van der Waals surface area contributed by atoms with Gasteiger partial charge < -0.3 is 4.74 Å². The lowest BCUT2D eigenvalue weighted by Crippen LogP contribution is -2.51. The van der Waals surface area contributed by atoms with Crippen molar-refractivity contribution < 1.29 is 18.7 Å². The van der Waals surface area contributed by atoms with E-state index in [2.05, 4.69) is 5.32 Å². The van der Waals surface area contributed by atoms with E-state index in [-0.39, 0.29) is 5.75 Å². The lowest BCUT2D eigenvalue weighted by atomic mass is 10.3. The summed E-state index contributed by atoms with van der Waals surface area (Å²) in [4.78, 5) is 24.8. The first-order chi connectivity index (χ1) is 10.1. The Balaban J connectivity index is 2.61. The molecule has 0 aliphatic heterocycles. The first-order valence-electron chi connectivity index (χ1n) is 5.79. The number of amides is 3. The highest BCUT2D eigenvalue weighted by molar-refractivity contribution is 7.80. The van der Waals surface area contributed by atoms with Crippen molar-refractivity contribution in [1.82, 2.24) is 15.1 Å². The fourth-order valence-corrected chi connectivity index (χ4v) is 1.60. The maximum absolute atomic E-state index is 13.2. The van der Waals surface area contributed by atoms with Crippen LogP contribution in [0.3, 0.4) is 0 Å². The van der Waals surface area contributed by atoms with E-state index >= 15 is 0 Å². The number of rotatable bonds is 2. The molecule has 0 fully saturated rings. The largest absolute Gasteiger partial charge is 0.423 e. The van der Waals surface area contributed by atoms with Gasteiger partial charge in [0.1, 0.15) is 5.75 Å². The van der Waals surface area contributed by atoms with E-state index in [0.717, 1.165) is 14.1 Å². The number of nitrogens with zero attached hydrogens (tertiary/aromatic N) is 2. The molecule has 0 aliphatic carbocycles. The van der Waals surface area contributed by atoms with E-state index in [1.807, 2.05) is 0 Å². The first-order valence-corrected chi connectivity index (χ1v) is 6.95. The number of imide groups is 1. The summed E-state index contributed by atoms with van der Waals surface area (Å²) < 4.78 is 15.4. The van der Waals surface area contributed by atoms with Gasteiger partial charge in [-0.3, -0.25) is 10.2 Å². The number of carbonyl (C=O) groups excluding carboxylic acids is 2. The number of urea groups is 1. The monoisotopic (exact) mass is 367 g/mol. The summed E-state index contributed by atoms with van der Waals surface area (Å²) >= 11 is 15.1. The lowest BCUT2D eigenvalue weighted by Gasteiger charge is -2.26. The molecule has 1 rings (SSSR count). The number of hydrogen-bond donors (Lipinski definition) is 1. The Kier molecular flexibility index (Phi) is 6.34. The van der Waals surface area contributed by atoms with Crippen LogP contribution < -0.4 is 10.1 Å². The van der Waals surface area contributed by atoms with Crippen molar-refractivity contribution in [2.75, 3.05) is 14.1 Å². The summed E-state index contributed by atoms with van der Waals surface area (Å²) in [6, 6.07) is 7.21. The molecule has 10 heteroatoms. The van der Waals surface area contributed by atoms with Gasteiger partial charge in [0.05, 0.1) is 0 Å². The van der Waals surface area contributed by atoms with Gasteiger partial charge in [0, 0.05) is 14.1 Å². The Morgan fingerprint density at radius 1 is 1.27 bits per heavy atom. The molecule has 1 N–H and O–H groups in total. The summed E-state index contributed by atoms with van der Waals surface area (Å²) in [7, 11) is 2.29. The minimum absolute atomic E-state index is 0.260. The van der Waals surface area contributed by atoms with Crippen LogP contribution >= 0.6 is 35.4 Å². The van der Waals surface area contributed by atoms with Crippen LogP contribution in [-0.2, 0) is 0 Å². The molecule has 0 aromatic heterocycles. The Hall–Kier alpha value is -1.64. The molecule has 22 heavy (non-hydrogen) atoms. The maximum atomic E-state index is 13.2. The van der Waals surface area contributed by atoms with Crippen molar-refractivity contribution in [3.63, 3.8) is 0 Å².